The lowest BCUT2D eigenvalue weighted by atomic mass is 9.76. The quantitative estimate of drug-likeness (QED) is 0.208. The van der Waals surface area contributed by atoms with Crippen molar-refractivity contribution in [2.75, 3.05) is 51.1 Å². The van der Waals surface area contributed by atoms with E-state index in [1.165, 1.54) is 22.8 Å². The first kappa shape index (κ1) is 35.9. The van der Waals surface area contributed by atoms with Crippen LogP contribution in [0.1, 0.15) is 44.7 Å². The zero-order valence-electron chi connectivity index (χ0n) is 26.8. The Hall–Kier alpha value is -3.95. The number of hydrogen-bond acceptors (Lipinski definition) is 8. The summed E-state index contributed by atoms with van der Waals surface area (Å²) in [6.45, 7) is 2.20. The van der Waals surface area contributed by atoms with E-state index in [9.17, 15) is 21.6 Å². The molecule has 4 rings (SSSR count). The van der Waals surface area contributed by atoms with Crippen LogP contribution in [0.25, 0.3) is 10.9 Å². The lowest BCUT2D eigenvalue weighted by Gasteiger charge is -2.46. The van der Waals surface area contributed by atoms with E-state index in [1.54, 1.807) is 25.3 Å². The molecule has 1 aliphatic rings. The van der Waals surface area contributed by atoms with Crippen molar-refractivity contribution in [2.45, 2.75) is 68.2 Å². The number of nitriles is 1. The van der Waals surface area contributed by atoms with Gasteiger partial charge >= 0.3 is 6.18 Å². The predicted molar refractivity (Wildman–Crippen MR) is 176 cm³/mol. The van der Waals surface area contributed by atoms with Crippen LogP contribution in [0.2, 0.25) is 0 Å². The zero-order chi connectivity index (χ0) is 34.2. The number of nitrogens with two attached hydrogens (primary N) is 1. The third-order valence-corrected chi connectivity index (χ3v) is 9.73. The van der Waals surface area contributed by atoms with Crippen LogP contribution in [-0.2, 0) is 21.3 Å². The maximum Gasteiger partial charge on any atom is 0.406 e. The fraction of sp³-hybridized carbons (Fsp3) is 0.485. The van der Waals surface area contributed by atoms with Crippen molar-refractivity contribution in [1.82, 2.24) is 9.47 Å². The standard InChI is InChI=1S/C33H41F3N6O4S/c1-4-32(41(2)18-20-45-3)14-12-24(13-15-32)40-28-8-5-9-30-27(28)21-25(42(30)23-33(34,35)36)7-6-17-39-29-11-10-26(47(38,43)44)22-31(29)46-19-16-37/h5,8-11,21-22,24,39-40H,4,12-15,17-20,23H2,1-3H3,(H2,38,43,44)/t24-,32-. The van der Waals surface area contributed by atoms with Crippen LogP contribution in [0.3, 0.4) is 0 Å². The number of nitrogens with zero attached hydrogens (tertiary/aromatic N) is 3. The molecule has 0 spiro atoms. The van der Waals surface area contributed by atoms with Crippen molar-refractivity contribution in [3.8, 4) is 23.7 Å². The molecule has 0 aliphatic heterocycles. The molecule has 0 saturated heterocycles. The summed E-state index contributed by atoms with van der Waals surface area (Å²) in [5.74, 6) is 5.80. The molecule has 0 bridgehead atoms. The molecule has 14 heteroatoms. The first-order valence-corrected chi connectivity index (χ1v) is 16.9. The fourth-order valence-electron chi connectivity index (χ4n) is 6.18. The normalized spacial score (nSPS) is 18.4. The zero-order valence-corrected chi connectivity index (χ0v) is 27.6. The highest BCUT2D eigenvalue weighted by Gasteiger charge is 2.37. The Labute approximate surface area is 274 Å². The summed E-state index contributed by atoms with van der Waals surface area (Å²) in [5, 5.41) is 21.3. The average molecular weight is 675 g/mol. The van der Waals surface area contributed by atoms with Gasteiger partial charge < -0.3 is 24.7 Å². The number of fused-ring (bicyclic) bond motifs is 1. The number of rotatable bonds is 13. The van der Waals surface area contributed by atoms with Gasteiger partial charge in [-0.3, -0.25) is 4.90 Å². The molecular formula is C33H41F3N6O4S. The minimum Gasteiger partial charge on any atom is -0.477 e. The molecule has 2 aromatic carbocycles. The van der Waals surface area contributed by atoms with E-state index in [4.69, 9.17) is 19.9 Å². The smallest absolute Gasteiger partial charge is 0.406 e. The minimum atomic E-state index is -4.47. The summed E-state index contributed by atoms with van der Waals surface area (Å²) < 4.78 is 76.4. The van der Waals surface area contributed by atoms with Gasteiger partial charge in [-0.05, 0) is 75.4 Å². The van der Waals surface area contributed by atoms with Crippen molar-refractivity contribution in [1.29, 1.82) is 5.26 Å². The fourth-order valence-corrected chi connectivity index (χ4v) is 6.71. The lowest BCUT2D eigenvalue weighted by molar-refractivity contribution is -0.140. The summed E-state index contributed by atoms with van der Waals surface area (Å²) in [6, 6.07) is 12.8. The van der Waals surface area contributed by atoms with Gasteiger partial charge in [0.05, 0.1) is 34.9 Å². The number of alkyl halides is 3. The Balaban J connectivity index is 1.55. The van der Waals surface area contributed by atoms with Gasteiger partial charge in [0.2, 0.25) is 10.0 Å². The number of hydrogen-bond donors (Lipinski definition) is 3. The first-order chi connectivity index (χ1) is 22.3. The SMILES string of the molecule is CC[C@]1(N(C)CCOC)CC[C@H](Nc2cccc3c2cc(C#CCNc2ccc(S(N)(=O)=O)cc2OCC#N)n3CC(F)(F)F)CC1. The Kier molecular flexibility index (Phi) is 11.7. The number of likely N-dealkylation sites (N-methyl/N-ethyl adjacent to an activating group) is 1. The highest BCUT2D eigenvalue weighted by atomic mass is 32.2. The number of halogens is 3. The molecule has 47 heavy (non-hydrogen) atoms. The van der Waals surface area contributed by atoms with Crippen molar-refractivity contribution >= 4 is 32.3 Å². The highest BCUT2D eigenvalue weighted by Crippen LogP contribution is 2.38. The maximum atomic E-state index is 13.7. The molecule has 1 aromatic heterocycles. The second-order valence-corrected chi connectivity index (χ2v) is 13.2. The van der Waals surface area contributed by atoms with Gasteiger partial charge in [-0.2, -0.15) is 18.4 Å². The summed E-state index contributed by atoms with van der Waals surface area (Å²) in [6.07, 6.45) is 0.433. The van der Waals surface area contributed by atoms with Gasteiger partial charge in [0.15, 0.2) is 6.61 Å². The van der Waals surface area contributed by atoms with Crippen molar-refractivity contribution < 1.29 is 31.1 Å². The summed E-state index contributed by atoms with van der Waals surface area (Å²) in [5.41, 5.74) is 1.83. The van der Waals surface area contributed by atoms with Crippen molar-refractivity contribution in [3.05, 3.63) is 48.2 Å². The van der Waals surface area contributed by atoms with Crippen LogP contribution in [-0.4, -0.2) is 76.1 Å². The first-order valence-electron chi connectivity index (χ1n) is 15.4. The predicted octanol–water partition coefficient (Wildman–Crippen LogP) is 5.30. The number of ether oxygens (including phenoxy) is 2. The van der Waals surface area contributed by atoms with Crippen LogP contribution < -0.4 is 20.5 Å². The number of aromatic nitrogens is 1. The maximum absolute atomic E-state index is 13.7. The number of nitrogens with one attached hydrogen (secondary N) is 2. The van der Waals surface area contributed by atoms with Crippen molar-refractivity contribution in [3.63, 3.8) is 0 Å². The molecule has 1 fully saturated rings. The van der Waals surface area contributed by atoms with Gasteiger partial charge in [-0.25, -0.2) is 13.6 Å². The van der Waals surface area contributed by atoms with E-state index in [-0.39, 0.29) is 41.1 Å². The molecule has 0 radical (unpaired) electrons. The molecular weight excluding hydrogens is 633 g/mol. The number of methoxy groups -OCH3 is 1. The largest absolute Gasteiger partial charge is 0.477 e. The summed E-state index contributed by atoms with van der Waals surface area (Å²) >= 11 is 0. The van der Waals surface area contributed by atoms with Gasteiger partial charge in [-0.15, -0.1) is 0 Å². The van der Waals surface area contributed by atoms with Gasteiger partial charge in [-0.1, -0.05) is 18.9 Å². The van der Waals surface area contributed by atoms with E-state index in [1.807, 2.05) is 12.1 Å². The Morgan fingerprint density at radius 1 is 1.17 bits per heavy atom. The second kappa shape index (κ2) is 15.3. The Morgan fingerprint density at radius 3 is 2.55 bits per heavy atom. The monoisotopic (exact) mass is 674 g/mol. The molecule has 1 aliphatic carbocycles. The van der Waals surface area contributed by atoms with Crippen LogP contribution in [0.15, 0.2) is 47.4 Å². The molecule has 0 unspecified atom stereocenters. The summed E-state index contributed by atoms with van der Waals surface area (Å²) in [7, 11) is -0.166. The van der Waals surface area contributed by atoms with Gasteiger partial charge in [0, 0.05) is 42.4 Å². The van der Waals surface area contributed by atoms with E-state index >= 15 is 0 Å². The second-order valence-electron chi connectivity index (χ2n) is 11.7. The molecule has 10 nitrogen and oxygen atoms in total. The minimum absolute atomic E-state index is 0.00361. The molecule has 0 amide bonds. The Morgan fingerprint density at radius 2 is 1.91 bits per heavy atom. The molecule has 1 heterocycles. The van der Waals surface area contributed by atoms with E-state index in [2.05, 4.69) is 41.3 Å². The third kappa shape index (κ3) is 9.11. The van der Waals surface area contributed by atoms with E-state index in [0.29, 0.717) is 23.2 Å². The molecule has 4 N–H and O–H groups in total. The number of sulfonamides is 1. The highest BCUT2D eigenvalue weighted by molar-refractivity contribution is 7.89. The van der Waals surface area contributed by atoms with Crippen LogP contribution in [0.5, 0.6) is 5.75 Å². The van der Waals surface area contributed by atoms with Crippen LogP contribution >= 0.6 is 0 Å². The van der Waals surface area contributed by atoms with Crippen LogP contribution in [0, 0.1) is 23.2 Å². The number of primary sulfonamides is 1. The Bertz CT molecular complexity index is 1750. The van der Waals surface area contributed by atoms with Gasteiger partial charge in [0.1, 0.15) is 18.4 Å². The average Bonchev–Trinajstić information content (AvgIpc) is 3.37. The van der Waals surface area contributed by atoms with Crippen molar-refractivity contribution in [2.24, 2.45) is 5.14 Å². The molecule has 254 valence electrons. The lowest BCUT2D eigenvalue weighted by Crippen LogP contribution is -2.51. The molecule has 1 saturated carbocycles. The van der Waals surface area contributed by atoms with E-state index < -0.39 is 22.7 Å². The topological polar surface area (TPSA) is 135 Å². The van der Waals surface area contributed by atoms with Crippen LogP contribution in [0.4, 0.5) is 24.5 Å². The summed E-state index contributed by atoms with van der Waals surface area (Å²) in [4.78, 5) is 2.19. The third-order valence-electron chi connectivity index (χ3n) is 8.82. The number of anilines is 2. The number of benzene rings is 2. The molecule has 3 aromatic rings. The molecule has 0 atom stereocenters. The van der Waals surface area contributed by atoms with Gasteiger partial charge in [0.25, 0.3) is 0 Å². The van der Waals surface area contributed by atoms with E-state index in [0.717, 1.165) is 44.3 Å².